The minimum atomic E-state index is 0.170. The molecule has 3 heteroatoms. The molecule has 0 saturated carbocycles. The van der Waals surface area contributed by atoms with Gasteiger partial charge in [0.1, 0.15) is 0 Å². The van der Waals surface area contributed by atoms with Crippen LogP contribution in [0.1, 0.15) is 37.4 Å². The van der Waals surface area contributed by atoms with Crippen LogP contribution in [0, 0.1) is 5.92 Å². The highest BCUT2D eigenvalue weighted by Gasteiger charge is 2.15. The van der Waals surface area contributed by atoms with E-state index in [0.717, 1.165) is 38.0 Å². The molecule has 1 aromatic heterocycles. The van der Waals surface area contributed by atoms with E-state index in [0.29, 0.717) is 5.92 Å². The highest BCUT2D eigenvalue weighted by Crippen LogP contribution is 2.20. The fraction of sp³-hybridized carbons (Fsp3) is 0.643. The van der Waals surface area contributed by atoms with Gasteiger partial charge in [0.2, 0.25) is 0 Å². The van der Waals surface area contributed by atoms with Crippen molar-refractivity contribution in [1.82, 2.24) is 4.57 Å². The van der Waals surface area contributed by atoms with Crippen molar-refractivity contribution in [1.29, 1.82) is 0 Å². The van der Waals surface area contributed by atoms with Gasteiger partial charge in [-0.2, -0.15) is 12.6 Å². The molecule has 1 aromatic rings. The summed E-state index contributed by atoms with van der Waals surface area (Å²) in [6.07, 6.45) is 5.63. The summed E-state index contributed by atoms with van der Waals surface area (Å²) in [5.41, 5.74) is 2.84. The number of aryl methyl sites for hydroxylation is 1. The van der Waals surface area contributed by atoms with E-state index in [1.54, 1.807) is 6.07 Å². The number of fused-ring (bicyclic) bond motifs is 1. The number of rotatable bonds is 5. The lowest BCUT2D eigenvalue weighted by Gasteiger charge is -2.14. The van der Waals surface area contributed by atoms with Crippen molar-refractivity contribution in [2.45, 2.75) is 45.6 Å². The fourth-order valence-electron chi connectivity index (χ4n) is 2.59. The second-order valence-electron chi connectivity index (χ2n) is 5.05. The number of hydrogen-bond acceptors (Lipinski definition) is 2. The first kappa shape index (κ1) is 12.7. The van der Waals surface area contributed by atoms with Crippen LogP contribution in [-0.4, -0.2) is 10.3 Å². The zero-order valence-electron chi connectivity index (χ0n) is 10.5. The SMILES string of the molecule is CC(CCS)CCn1c2c(ccc1=O)CCC2. The van der Waals surface area contributed by atoms with E-state index in [9.17, 15) is 4.79 Å². The molecule has 0 aliphatic heterocycles. The Morgan fingerprint density at radius 3 is 2.94 bits per heavy atom. The van der Waals surface area contributed by atoms with Gasteiger partial charge >= 0.3 is 0 Å². The zero-order chi connectivity index (χ0) is 12.3. The molecule has 0 N–H and O–H groups in total. The molecule has 1 aliphatic rings. The Hall–Kier alpha value is -0.700. The lowest BCUT2D eigenvalue weighted by molar-refractivity contribution is 0.459. The number of hydrogen-bond donors (Lipinski definition) is 1. The standard InChI is InChI=1S/C14H21NOS/c1-11(8-10-17)7-9-15-13-4-2-3-12(13)5-6-14(15)16/h5-6,11,17H,2-4,7-10H2,1H3. The van der Waals surface area contributed by atoms with E-state index in [2.05, 4.69) is 19.6 Å². The largest absolute Gasteiger partial charge is 0.312 e. The monoisotopic (exact) mass is 251 g/mol. The van der Waals surface area contributed by atoms with Crippen LogP contribution in [0.5, 0.6) is 0 Å². The molecule has 0 radical (unpaired) electrons. The molecule has 0 amide bonds. The third kappa shape index (κ3) is 2.95. The van der Waals surface area contributed by atoms with E-state index in [1.807, 2.05) is 10.6 Å². The molecule has 0 fully saturated rings. The maximum absolute atomic E-state index is 11.9. The lowest BCUT2D eigenvalue weighted by Crippen LogP contribution is -2.23. The van der Waals surface area contributed by atoms with Crippen molar-refractivity contribution in [3.63, 3.8) is 0 Å². The molecule has 0 bridgehead atoms. The number of nitrogens with zero attached hydrogens (tertiary/aromatic N) is 1. The first-order valence-corrected chi connectivity index (χ1v) is 7.18. The topological polar surface area (TPSA) is 22.0 Å². The predicted octanol–water partition coefficient (Wildman–Crippen LogP) is 2.68. The summed E-state index contributed by atoms with van der Waals surface area (Å²) in [5, 5.41) is 0. The summed E-state index contributed by atoms with van der Waals surface area (Å²) < 4.78 is 2.00. The highest BCUT2D eigenvalue weighted by molar-refractivity contribution is 7.80. The Balaban J connectivity index is 2.10. The summed E-state index contributed by atoms with van der Waals surface area (Å²) in [7, 11) is 0. The average molecular weight is 251 g/mol. The molecule has 2 nitrogen and oxygen atoms in total. The van der Waals surface area contributed by atoms with Crippen LogP contribution in [0.15, 0.2) is 16.9 Å². The van der Waals surface area contributed by atoms with Gasteiger partial charge in [0.25, 0.3) is 5.56 Å². The summed E-state index contributed by atoms with van der Waals surface area (Å²) in [5.74, 6) is 1.58. The van der Waals surface area contributed by atoms with Gasteiger partial charge in [0.15, 0.2) is 0 Å². The van der Waals surface area contributed by atoms with Gasteiger partial charge in [-0.25, -0.2) is 0 Å². The van der Waals surface area contributed by atoms with Crippen molar-refractivity contribution >= 4 is 12.6 Å². The Morgan fingerprint density at radius 2 is 2.18 bits per heavy atom. The summed E-state index contributed by atoms with van der Waals surface area (Å²) in [4.78, 5) is 11.9. The van der Waals surface area contributed by atoms with Crippen LogP contribution in [0.4, 0.5) is 0 Å². The lowest BCUT2D eigenvalue weighted by atomic mass is 10.1. The van der Waals surface area contributed by atoms with Crippen molar-refractivity contribution in [2.75, 3.05) is 5.75 Å². The molecule has 1 aliphatic carbocycles. The van der Waals surface area contributed by atoms with Gasteiger partial charge in [-0.3, -0.25) is 4.79 Å². The quantitative estimate of drug-likeness (QED) is 0.799. The number of aromatic nitrogens is 1. The molecule has 1 heterocycles. The van der Waals surface area contributed by atoms with Gasteiger partial charge in [0, 0.05) is 18.3 Å². The summed E-state index contributed by atoms with van der Waals surface area (Å²) >= 11 is 4.26. The van der Waals surface area contributed by atoms with Crippen molar-refractivity contribution in [3.05, 3.63) is 33.7 Å². The normalized spacial score (nSPS) is 15.9. The van der Waals surface area contributed by atoms with Crippen molar-refractivity contribution in [2.24, 2.45) is 5.92 Å². The van der Waals surface area contributed by atoms with E-state index in [-0.39, 0.29) is 5.56 Å². The Bertz CT molecular complexity index is 438. The fourth-order valence-corrected chi connectivity index (χ4v) is 3.03. The minimum Gasteiger partial charge on any atom is -0.312 e. The van der Waals surface area contributed by atoms with Crippen LogP contribution in [0.2, 0.25) is 0 Å². The van der Waals surface area contributed by atoms with Gasteiger partial charge in [-0.15, -0.1) is 0 Å². The first-order valence-electron chi connectivity index (χ1n) is 6.55. The highest BCUT2D eigenvalue weighted by atomic mass is 32.1. The molecule has 94 valence electrons. The smallest absolute Gasteiger partial charge is 0.250 e. The van der Waals surface area contributed by atoms with Gasteiger partial charge in [0.05, 0.1) is 0 Å². The van der Waals surface area contributed by atoms with Crippen LogP contribution in [0.25, 0.3) is 0 Å². The van der Waals surface area contributed by atoms with Gasteiger partial charge < -0.3 is 4.57 Å². The molecule has 17 heavy (non-hydrogen) atoms. The molecule has 1 atom stereocenters. The Kier molecular flexibility index (Phi) is 4.32. The second kappa shape index (κ2) is 5.76. The molecule has 1 unspecified atom stereocenters. The maximum Gasteiger partial charge on any atom is 0.250 e. The molecule has 0 spiro atoms. The molecular weight excluding hydrogens is 230 g/mol. The predicted molar refractivity (Wildman–Crippen MR) is 75.0 cm³/mol. The Labute approximate surface area is 108 Å². The van der Waals surface area contributed by atoms with E-state index in [4.69, 9.17) is 0 Å². The van der Waals surface area contributed by atoms with Crippen molar-refractivity contribution < 1.29 is 0 Å². The molecular formula is C14H21NOS. The van der Waals surface area contributed by atoms with Crippen LogP contribution >= 0.6 is 12.6 Å². The first-order chi connectivity index (χ1) is 8.22. The number of pyridine rings is 1. The summed E-state index contributed by atoms with van der Waals surface area (Å²) in [6.45, 7) is 3.11. The Morgan fingerprint density at radius 1 is 1.35 bits per heavy atom. The van der Waals surface area contributed by atoms with Crippen molar-refractivity contribution in [3.8, 4) is 0 Å². The molecule has 2 rings (SSSR count). The van der Waals surface area contributed by atoms with Crippen LogP contribution in [0.3, 0.4) is 0 Å². The third-order valence-electron chi connectivity index (χ3n) is 3.72. The summed E-state index contributed by atoms with van der Waals surface area (Å²) in [6, 6.07) is 3.74. The van der Waals surface area contributed by atoms with E-state index < -0.39 is 0 Å². The number of thiol groups is 1. The second-order valence-corrected chi connectivity index (χ2v) is 5.50. The van der Waals surface area contributed by atoms with Gasteiger partial charge in [-0.1, -0.05) is 13.0 Å². The third-order valence-corrected chi connectivity index (χ3v) is 3.97. The van der Waals surface area contributed by atoms with E-state index in [1.165, 1.54) is 17.7 Å². The zero-order valence-corrected chi connectivity index (χ0v) is 11.4. The molecule has 0 saturated heterocycles. The molecule has 0 aromatic carbocycles. The maximum atomic E-state index is 11.9. The minimum absolute atomic E-state index is 0.170. The van der Waals surface area contributed by atoms with Crippen LogP contribution < -0.4 is 5.56 Å². The van der Waals surface area contributed by atoms with Crippen LogP contribution in [-0.2, 0) is 19.4 Å². The van der Waals surface area contributed by atoms with Gasteiger partial charge in [-0.05, 0) is 49.3 Å². The average Bonchev–Trinajstić information content (AvgIpc) is 2.76. The van der Waals surface area contributed by atoms with E-state index >= 15 is 0 Å².